The Morgan fingerprint density at radius 1 is 1.04 bits per heavy atom. The van der Waals surface area contributed by atoms with Crippen LogP contribution in [0.3, 0.4) is 0 Å². The third-order valence-electron chi connectivity index (χ3n) is 6.78. The van der Waals surface area contributed by atoms with Crippen LogP contribution in [0.1, 0.15) is 23.7 Å². The Kier molecular flexibility index (Phi) is 3.79. The molecule has 6 nitrogen and oxygen atoms in total. The van der Waals surface area contributed by atoms with Crippen LogP contribution >= 0.6 is 0 Å². The van der Waals surface area contributed by atoms with E-state index < -0.39 is 18.6 Å². The van der Waals surface area contributed by atoms with E-state index >= 15 is 0 Å². The van der Waals surface area contributed by atoms with Gasteiger partial charge in [0.2, 0.25) is 17.6 Å². The van der Waals surface area contributed by atoms with Crippen LogP contribution in [-0.2, 0) is 19.1 Å². The Morgan fingerprint density at radius 3 is 2.18 bits per heavy atom. The molecule has 0 unspecified atom stereocenters. The maximum Gasteiger partial charge on any atom is 0.326 e. The smallest absolute Gasteiger partial charge is 0.326 e. The van der Waals surface area contributed by atoms with E-state index in [0.29, 0.717) is 17.4 Å². The number of amides is 2. The molecule has 7 atom stereocenters. The standard InChI is InChI=1S/C22H21NO5/c1-11(20(25)12-5-3-2-4-6-12)28-17(24)10-23-21(26)18-13-7-8-14(16-9-15(13)16)19(18)22(23)27/h2-8,11,13-16,18-19H,9-10H2,1H3/t11-,13-,14-,15-,16-,18-,19+/m1/s1. The Balaban J connectivity index is 1.26. The van der Waals surface area contributed by atoms with E-state index in [4.69, 9.17) is 4.74 Å². The zero-order valence-electron chi connectivity index (χ0n) is 15.5. The Hall–Kier alpha value is -2.76. The van der Waals surface area contributed by atoms with Crippen LogP contribution in [0.25, 0.3) is 0 Å². The van der Waals surface area contributed by atoms with E-state index in [-0.39, 0.29) is 41.3 Å². The minimum atomic E-state index is -0.976. The highest BCUT2D eigenvalue weighted by atomic mass is 16.5. The van der Waals surface area contributed by atoms with Gasteiger partial charge in [0.1, 0.15) is 6.54 Å². The van der Waals surface area contributed by atoms with Crippen LogP contribution in [0.2, 0.25) is 0 Å². The number of nitrogens with zero attached hydrogens (tertiary/aromatic N) is 1. The summed E-state index contributed by atoms with van der Waals surface area (Å²) in [6, 6.07) is 8.57. The summed E-state index contributed by atoms with van der Waals surface area (Å²) in [7, 11) is 0. The third-order valence-corrected chi connectivity index (χ3v) is 6.78. The summed E-state index contributed by atoms with van der Waals surface area (Å²) < 4.78 is 5.23. The molecule has 5 aliphatic rings. The van der Waals surface area contributed by atoms with Gasteiger partial charge in [-0.3, -0.25) is 24.1 Å². The lowest BCUT2D eigenvalue weighted by molar-refractivity contribution is -0.154. The van der Waals surface area contributed by atoms with Crippen LogP contribution in [0.4, 0.5) is 0 Å². The first-order valence-corrected chi connectivity index (χ1v) is 9.79. The van der Waals surface area contributed by atoms with Crippen molar-refractivity contribution in [1.29, 1.82) is 0 Å². The second-order valence-electron chi connectivity index (χ2n) is 8.28. The zero-order valence-corrected chi connectivity index (χ0v) is 15.5. The highest BCUT2D eigenvalue weighted by molar-refractivity contribution is 6.08. The van der Waals surface area contributed by atoms with E-state index in [1.807, 2.05) is 0 Å². The number of likely N-dealkylation sites (tertiary alicyclic amines) is 1. The highest BCUT2D eigenvalue weighted by Crippen LogP contribution is 2.65. The average molecular weight is 379 g/mol. The molecule has 1 aliphatic heterocycles. The first kappa shape index (κ1) is 17.3. The van der Waals surface area contributed by atoms with E-state index in [2.05, 4.69) is 12.2 Å². The van der Waals surface area contributed by atoms with E-state index in [1.165, 1.54) is 6.92 Å². The summed E-state index contributed by atoms with van der Waals surface area (Å²) in [4.78, 5) is 51.5. The molecule has 6 heteroatoms. The molecular weight excluding hydrogens is 358 g/mol. The lowest BCUT2D eigenvalue weighted by Crippen LogP contribution is -2.40. The quantitative estimate of drug-likeness (QED) is 0.338. The average Bonchev–Trinajstić information content (AvgIpc) is 3.49. The lowest BCUT2D eigenvalue weighted by Gasteiger charge is -2.37. The number of esters is 1. The van der Waals surface area contributed by atoms with Crippen molar-refractivity contribution in [1.82, 2.24) is 4.90 Å². The van der Waals surface area contributed by atoms with Crippen molar-refractivity contribution in [2.75, 3.05) is 6.54 Å². The molecule has 0 aromatic heterocycles. The van der Waals surface area contributed by atoms with Crippen molar-refractivity contribution in [3.63, 3.8) is 0 Å². The Morgan fingerprint density at radius 2 is 1.61 bits per heavy atom. The van der Waals surface area contributed by atoms with Gasteiger partial charge in [0.15, 0.2) is 6.10 Å². The summed E-state index contributed by atoms with van der Waals surface area (Å²) in [5.74, 6) is -0.965. The van der Waals surface area contributed by atoms with E-state index in [0.717, 1.165) is 11.3 Å². The monoisotopic (exact) mass is 379 g/mol. The van der Waals surface area contributed by atoms with Crippen molar-refractivity contribution < 1.29 is 23.9 Å². The van der Waals surface area contributed by atoms with Gasteiger partial charge >= 0.3 is 5.97 Å². The van der Waals surface area contributed by atoms with E-state index in [9.17, 15) is 19.2 Å². The first-order chi connectivity index (χ1) is 13.5. The normalized spacial score (nSPS) is 35.4. The Labute approximate surface area is 162 Å². The number of ketones is 1. The van der Waals surface area contributed by atoms with Gasteiger partial charge in [0.25, 0.3) is 0 Å². The fraction of sp³-hybridized carbons (Fsp3) is 0.455. The fourth-order valence-electron chi connectivity index (χ4n) is 5.43. The molecule has 6 rings (SSSR count). The van der Waals surface area contributed by atoms with Crippen LogP contribution < -0.4 is 0 Å². The van der Waals surface area contributed by atoms with Gasteiger partial charge in [-0.2, -0.15) is 0 Å². The second-order valence-corrected chi connectivity index (χ2v) is 8.28. The summed E-state index contributed by atoms with van der Waals surface area (Å²) in [6.45, 7) is 1.07. The molecule has 1 heterocycles. The zero-order chi connectivity index (χ0) is 19.6. The topological polar surface area (TPSA) is 80.8 Å². The summed E-state index contributed by atoms with van der Waals surface area (Å²) in [5, 5.41) is 0. The number of Topliss-reactive ketones (excluding diaryl/α,β-unsaturated/α-hetero) is 1. The Bertz CT molecular complexity index is 871. The molecule has 2 saturated carbocycles. The van der Waals surface area contributed by atoms with Crippen molar-refractivity contribution in [2.24, 2.45) is 35.5 Å². The molecule has 0 N–H and O–H groups in total. The largest absolute Gasteiger partial charge is 0.453 e. The number of rotatable bonds is 5. The molecule has 1 aromatic carbocycles. The third kappa shape index (κ3) is 2.47. The minimum absolute atomic E-state index is 0.121. The van der Waals surface area contributed by atoms with E-state index in [1.54, 1.807) is 30.3 Å². The number of imide groups is 1. The van der Waals surface area contributed by atoms with Crippen molar-refractivity contribution in [2.45, 2.75) is 19.4 Å². The molecule has 2 amide bonds. The minimum Gasteiger partial charge on any atom is -0.453 e. The van der Waals surface area contributed by atoms with Gasteiger partial charge in [-0.15, -0.1) is 0 Å². The molecular formula is C22H21NO5. The van der Waals surface area contributed by atoms with Crippen molar-refractivity contribution >= 4 is 23.6 Å². The second kappa shape index (κ2) is 6.12. The molecule has 3 fully saturated rings. The van der Waals surface area contributed by atoms with Crippen molar-refractivity contribution in [3.8, 4) is 0 Å². The highest BCUT2D eigenvalue weighted by Gasteiger charge is 2.67. The predicted octanol–water partition coefficient (Wildman–Crippen LogP) is 1.85. The molecule has 4 aliphatic carbocycles. The van der Waals surface area contributed by atoms with Gasteiger partial charge in [0.05, 0.1) is 11.8 Å². The number of hydrogen-bond donors (Lipinski definition) is 0. The molecule has 2 bridgehead atoms. The number of allylic oxidation sites excluding steroid dienone is 2. The molecule has 28 heavy (non-hydrogen) atoms. The maximum absolute atomic E-state index is 12.9. The maximum atomic E-state index is 12.9. The number of benzene rings is 1. The summed E-state index contributed by atoms with van der Waals surface area (Å²) in [6.07, 6.45) is 4.30. The van der Waals surface area contributed by atoms with Gasteiger partial charge in [-0.25, -0.2) is 0 Å². The first-order valence-electron chi connectivity index (χ1n) is 9.79. The fourth-order valence-corrected chi connectivity index (χ4v) is 5.43. The van der Waals surface area contributed by atoms with Crippen LogP contribution in [-0.4, -0.2) is 41.1 Å². The lowest BCUT2D eigenvalue weighted by atomic mass is 9.63. The van der Waals surface area contributed by atoms with Crippen molar-refractivity contribution in [3.05, 3.63) is 48.0 Å². The summed E-state index contributed by atoms with van der Waals surface area (Å²) in [5.41, 5.74) is 0.448. The van der Waals surface area contributed by atoms with Gasteiger partial charge in [-0.05, 0) is 37.0 Å². The number of carbonyl (C=O) groups is 4. The van der Waals surface area contributed by atoms with Crippen LogP contribution in [0.15, 0.2) is 42.5 Å². The van der Waals surface area contributed by atoms with Gasteiger partial charge < -0.3 is 4.74 Å². The van der Waals surface area contributed by atoms with Gasteiger partial charge in [0, 0.05) is 5.56 Å². The SMILES string of the molecule is C[C@@H](OC(=O)CN1C(=O)[C@@H]2[C@@H]3C=C[C@H]([C@H]4C[C@H]34)[C@@H]2C1=O)C(=O)c1ccccc1. The van der Waals surface area contributed by atoms with Gasteiger partial charge in [-0.1, -0.05) is 42.5 Å². The number of carbonyl (C=O) groups excluding carboxylic acids is 4. The molecule has 0 spiro atoms. The predicted molar refractivity (Wildman–Crippen MR) is 97.7 cm³/mol. The van der Waals surface area contributed by atoms with Crippen LogP contribution in [0.5, 0.6) is 0 Å². The molecule has 144 valence electrons. The molecule has 0 radical (unpaired) electrons. The van der Waals surface area contributed by atoms with Crippen LogP contribution in [0, 0.1) is 35.5 Å². The number of ether oxygens (including phenoxy) is 1. The molecule has 1 aromatic rings. The number of hydrogen-bond acceptors (Lipinski definition) is 5. The molecule has 1 saturated heterocycles. The summed E-state index contributed by atoms with van der Waals surface area (Å²) >= 11 is 0.